The fourth-order valence-electron chi connectivity index (χ4n) is 8.54. The zero-order valence-electron chi connectivity index (χ0n) is 43.9. The summed E-state index contributed by atoms with van der Waals surface area (Å²) in [7, 11) is 0. The Bertz CT molecular complexity index is 2060. The second kappa shape index (κ2) is 25.1. The summed E-state index contributed by atoms with van der Waals surface area (Å²) in [5, 5.41) is 20.4. The molecule has 2 saturated heterocycles. The number of hydrogen-bond donors (Lipinski definition) is 2. The van der Waals surface area contributed by atoms with E-state index in [4.69, 9.17) is 33.4 Å². The molecule has 0 bridgehead atoms. The van der Waals surface area contributed by atoms with Crippen molar-refractivity contribution in [2.75, 3.05) is 75.6 Å². The molecule has 0 radical (unpaired) electrons. The molecular weight excluding hydrogens is 865 g/mol. The van der Waals surface area contributed by atoms with Crippen LogP contribution >= 0.6 is 0 Å². The van der Waals surface area contributed by atoms with E-state index in [2.05, 4.69) is 54.6 Å². The van der Waals surface area contributed by atoms with Crippen molar-refractivity contribution in [2.45, 2.75) is 159 Å². The molecular formula is C54H84N4O10. The number of carboxylic acid groups (broad SMARTS) is 2. The van der Waals surface area contributed by atoms with Gasteiger partial charge < -0.3 is 48.4 Å². The number of anilines is 2. The van der Waals surface area contributed by atoms with Gasteiger partial charge in [0.15, 0.2) is 12.2 Å². The maximum atomic E-state index is 12.7. The number of piperidine rings is 2. The quantitative estimate of drug-likeness (QED) is 0.0970. The molecule has 3 aromatic rings. The first kappa shape index (κ1) is 56.4. The lowest BCUT2D eigenvalue weighted by molar-refractivity contribution is -0.161. The lowest BCUT2D eigenvalue weighted by atomic mass is 9.81. The van der Waals surface area contributed by atoms with E-state index in [1.165, 1.54) is 0 Å². The smallest absolute Gasteiger partial charge is 0.337 e. The first-order valence-corrected chi connectivity index (χ1v) is 24.6. The van der Waals surface area contributed by atoms with Gasteiger partial charge in [0, 0.05) is 73.2 Å². The molecule has 68 heavy (non-hydrogen) atoms. The molecule has 5 rings (SSSR count). The first-order valence-electron chi connectivity index (χ1n) is 24.6. The molecule has 2 fully saturated rings. The Morgan fingerprint density at radius 2 is 1.09 bits per heavy atom. The van der Waals surface area contributed by atoms with Crippen LogP contribution < -0.4 is 9.80 Å². The van der Waals surface area contributed by atoms with Gasteiger partial charge in [-0.15, -0.1) is 0 Å². The Morgan fingerprint density at radius 1 is 0.647 bits per heavy atom. The van der Waals surface area contributed by atoms with E-state index in [0.717, 1.165) is 85.8 Å². The number of ether oxygens (including phenoxy) is 6. The monoisotopic (exact) mass is 949 g/mol. The molecule has 0 unspecified atom stereocenters. The summed E-state index contributed by atoms with van der Waals surface area (Å²) in [6.07, 6.45) is 1.90. The predicted molar refractivity (Wildman–Crippen MR) is 269 cm³/mol. The van der Waals surface area contributed by atoms with Crippen molar-refractivity contribution in [3.63, 3.8) is 0 Å². The van der Waals surface area contributed by atoms with E-state index < -0.39 is 35.3 Å². The van der Waals surface area contributed by atoms with Crippen molar-refractivity contribution in [2.24, 2.45) is 10.8 Å². The fraction of sp³-hybridized carbons (Fsp3) is 0.667. The van der Waals surface area contributed by atoms with Crippen molar-refractivity contribution >= 4 is 23.3 Å². The minimum absolute atomic E-state index is 0.241. The topological polar surface area (TPSA) is 162 Å². The van der Waals surface area contributed by atoms with Crippen molar-refractivity contribution in [3.05, 3.63) is 70.3 Å². The number of hydrogen-bond acceptors (Lipinski definition) is 12. The highest BCUT2D eigenvalue weighted by molar-refractivity contribution is 5.88. The van der Waals surface area contributed by atoms with Gasteiger partial charge in [-0.05, 0) is 117 Å². The molecule has 0 amide bonds. The Hall–Kier alpha value is -4.18. The highest BCUT2D eigenvalue weighted by Crippen LogP contribution is 2.45. The van der Waals surface area contributed by atoms with Crippen molar-refractivity contribution < 1.29 is 48.2 Å². The standard InChI is InChI=1S/C30H44N2O5.C24H40N2O5/c1-8-35-18-19-36-20-23-25(22-12-10-9-11-13-22)26(32-16-14-30(6,7)15-17-32)24(21(2)31-23)27(28(33)34)37-29(3,4)5;1-8-29-13-14-30-16-18-15-19(26-11-9-24(6,7)10-12-26)20(17(2)25-18)21(22(27)28)31-23(3,4)5/h9-13,27H,8,14-20H2,1-7H3,(H,33,34);15,21H,8-14,16H2,1-7H3,(H,27,28)/t27-;21-/m00/s1. The third-order valence-corrected chi connectivity index (χ3v) is 12.3. The zero-order valence-corrected chi connectivity index (χ0v) is 43.9. The molecule has 2 aromatic heterocycles. The molecule has 4 heterocycles. The van der Waals surface area contributed by atoms with Gasteiger partial charge in [0.1, 0.15) is 0 Å². The second-order valence-corrected chi connectivity index (χ2v) is 21.5. The van der Waals surface area contributed by atoms with Gasteiger partial charge in [0.25, 0.3) is 0 Å². The number of benzene rings is 1. The lowest BCUT2D eigenvalue weighted by Crippen LogP contribution is -2.39. The third-order valence-electron chi connectivity index (χ3n) is 12.3. The van der Waals surface area contributed by atoms with Crippen LogP contribution in [0.25, 0.3) is 11.1 Å². The van der Waals surface area contributed by atoms with Crippen LogP contribution in [-0.4, -0.2) is 109 Å². The number of rotatable bonds is 21. The van der Waals surface area contributed by atoms with Crippen LogP contribution in [0.4, 0.5) is 11.4 Å². The van der Waals surface area contributed by atoms with E-state index >= 15 is 0 Å². The Labute approximate surface area is 407 Å². The van der Waals surface area contributed by atoms with Gasteiger partial charge in [-0.25, -0.2) is 9.59 Å². The predicted octanol–water partition coefficient (Wildman–Crippen LogP) is 10.7. The Kier molecular flexibility index (Phi) is 20.8. The minimum Gasteiger partial charge on any atom is -0.479 e. The number of aromatic nitrogens is 2. The van der Waals surface area contributed by atoms with Crippen LogP contribution in [0, 0.1) is 24.7 Å². The summed E-state index contributed by atoms with van der Waals surface area (Å²) in [6, 6.07) is 12.1. The van der Waals surface area contributed by atoms with E-state index in [9.17, 15) is 19.8 Å². The molecule has 2 aliphatic heterocycles. The zero-order chi connectivity index (χ0) is 50.5. The van der Waals surface area contributed by atoms with E-state index in [-0.39, 0.29) is 10.8 Å². The van der Waals surface area contributed by atoms with Gasteiger partial charge in [-0.1, -0.05) is 58.0 Å². The molecule has 14 heteroatoms. The average molecular weight is 949 g/mol. The van der Waals surface area contributed by atoms with E-state index in [1.807, 2.05) is 93.5 Å². The van der Waals surface area contributed by atoms with Crippen molar-refractivity contribution in [1.82, 2.24) is 9.97 Å². The van der Waals surface area contributed by atoms with Gasteiger partial charge >= 0.3 is 11.9 Å². The normalized spacial score (nSPS) is 17.0. The summed E-state index contributed by atoms with van der Waals surface area (Å²) < 4.78 is 34.6. The molecule has 380 valence electrons. The summed E-state index contributed by atoms with van der Waals surface area (Å²) in [4.78, 5) is 39.1. The number of nitrogens with zero attached hydrogens (tertiary/aromatic N) is 4. The largest absolute Gasteiger partial charge is 0.479 e. The highest BCUT2D eigenvalue weighted by atomic mass is 16.5. The summed E-state index contributed by atoms with van der Waals surface area (Å²) in [6.45, 7) is 35.5. The molecule has 0 aliphatic carbocycles. The van der Waals surface area contributed by atoms with Gasteiger partial charge in [0.05, 0.1) is 67.9 Å². The van der Waals surface area contributed by atoms with Crippen LogP contribution in [-0.2, 0) is 51.2 Å². The van der Waals surface area contributed by atoms with E-state index in [1.54, 1.807) is 0 Å². The Balaban J connectivity index is 0.000000301. The summed E-state index contributed by atoms with van der Waals surface area (Å²) >= 11 is 0. The number of pyridine rings is 2. The van der Waals surface area contributed by atoms with Crippen molar-refractivity contribution in [1.29, 1.82) is 0 Å². The maximum Gasteiger partial charge on any atom is 0.337 e. The Morgan fingerprint density at radius 3 is 1.56 bits per heavy atom. The number of aliphatic carboxylic acids is 2. The van der Waals surface area contributed by atoms with Crippen LogP contribution in [0.15, 0.2) is 36.4 Å². The molecule has 2 aliphatic rings. The van der Waals surface area contributed by atoms with Gasteiger partial charge in [-0.3, -0.25) is 9.97 Å². The number of carbonyl (C=O) groups is 2. The van der Waals surface area contributed by atoms with Crippen LogP contribution in [0.3, 0.4) is 0 Å². The van der Waals surface area contributed by atoms with E-state index in [0.29, 0.717) is 75.4 Å². The SMILES string of the molecule is CCOCCOCc1cc(N2CCC(C)(C)CC2)c([C@H](OC(C)(C)C)C(=O)O)c(C)n1.CCOCCOCc1nc(C)c([C@H](OC(C)(C)C)C(=O)O)c(N2CCC(C)(C)CC2)c1-c1ccccc1. The van der Waals surface area contributed by atoms with Crippen LogP contribution in [0.2, 0.25) is 0 Å². The number of aryl methyl sites for hydroxylation is 2. The average Bonchev–Trinajstić information content (AvgIpc) is 3.24. The van der Waals surface area contributed by atoms with Crippen LogP contribution in [0.1, 0.15) is 155 Å². The van der Waals surface area contributed by atoms with Crippen molar-refractivity contribution in [3.8, 4) is 11.1 Å². The van der Waals surface area contributed by atoms with Gasteiger partial charge in [-0.2, -0.15) is 0 Å². The molecule has 14 nitrogen and oxygen atoms in total. The second-order valence-electron chi connectivity index (χ2n) is 21.5. The molecule has 0 saturated carbocycles. The molecule has 0 spiro atoms. The summed E-state index contributed by atoms with van der Waals surface area (Å²) in [5.41, 5.74) is 7.14. The minimum atomic E-state index is -1.15. The van der Waals surface area contributed by atoms with Gasteiger partial charge in [0.2, 0.25) is 0 Å². The molecule has 2 N–H and O–H groups in total. The van der Waals surface area contributed by atoms with Crippen LogP contribution in [0.5, 0.6) is 0 Å². The lowest BCUT2D eigenvalue weighted by Gasteiger charge is -2.41. The third kappa shape index (κ3) is 17.0. The fourth-order valence-corrected chi connectivity index (χ4v) is 8.54. The maximum absolute atomic E-state index is 12.7. The highest BCUT2D eigenvalue weighted by Gasteiger charge is 2.38. The first-order chi connectivity index (χ1) is 31.9. The molecule has 2 atom stereocenters. The molecule has 1 aromatic carbocycles. The summed E-state index contributed by atoms with van der Waals surface area (Å²) in [5.74, 6) is -2.02. The number of carboxylic acids is 2.